The van der Waals surface area contributed by atoms with Gasteiger partial charge in [-0.3, -0.25) is 0 Å². The van der Waals surface area contributed by atoms with Crippen LogP contribution in [0, 0.1) is 5.92 Å². The minimum atomic E-state index is -0.875. The molecule has 3 N–H and O–H groups in total. The lowest BCUT2D eigenvalue weighted by atomic mass is 10.0. The summed E-state index contributed by atoms with van der Waals surface area (Å²) in [5, 5.41) is 27.4. The van der Waals surface area contributed by atoms with Gasteiger partial charge in [0.05, 0.1) is 31.3 Å². The molecule has 106 valence electrons. The molecule has 0 spiro atoms. The van der Waals surface area contributed by atoms with Crippen LogP contribution in [0.15, 0.2) is 11.6 Å². The average Bonchev–Trinajstić information content (AvgIpc) is 3.11. The number of halogens is 1. The quantitative estimate of drug-likeness (QED) is 0.436. The summed E-state index contributed by atoms with van der Waals surface area (Å²) in [6.45, 7) is 3.68. The van der Waals surface area contributed by atoms with Gasteiger partial charge in [0.2, 0.25) is 0 Å². The van der Waals surface area contributed by atoms with Crippen molar-refractivity contribution in [1.82, 2.24) is 0 Å². The first-order valence-electron chi connectivity index (χ1n) is 6.39. The molecule has 0 heterocycles. The zero-order valence-electron chi connectivity index (χ0n) is 11.0. The third-order valence-corrected chi connectivity index (χ3v) is 3.86. The van der Waals surface area contributed by atoms with E-state index in [1.807, 2.05) is 6.08 Å². The molecule has 0 aromatic rings. The fraction of sp³-hybridized carbons (Fsp3) is 0.846. The van der Waals surface area contributed by atoms with Crippen LogP contribution in [0.5, 0.6) is 0 Å². The second-order valence-electron chi connectivity index (χ2n) is 4.93. The smallest absolute Gasteiger partial charge is 0.122 e. The maximum Gasteiger partial charge on any atom is 0.122 e. The van der Waals surface area contributed by atoms with Crippen LogP contribution in [0.25, 0.3) is 0 Å². The summed E-state index contributed by atoms with van der Waals surface area (Å²) in [6.07, 6.45) is 1.82. The van der Waals surface area contributed by atoms with Gasteiger partial charge in [-0.25, -0.2) is 0 Å². The molecule has 0 radical (unpaired) electrons. The molecule has 0 saturated carbocycles. The van der Waals surface area contributed by atoms with E-state index in [1.54, 1.807) is 0 Å². The molecule has 1 aliphatic carbocycles. The summed E-state index contributed by atoms with van der Waals surface area (Å²) in [5.74, 6) is 0.726. The van der Waals surface area contributed by atoms with Crippen LogP contribution < -0.4 is 0 Å². The molecule has 0 aromatic carbocycles. The highest BCUT2D eigenvalue weighted by atomic mass is 35.5. The van der Waals surface area contributed by atoms with Gasteiger partial charge in [-0.15, -0.1) is 11.6 Å². The second kappa shape index (κ2) is 6.87. The largest absolute Gasteiger partial charge is 0.394 e. The van der Waals surface area contributed by atoms with Gasteiger partial charge in [-0.05, 0) is 24.0 Å². The van der Waals surface area contributed by atoms with Crippen molar-refractivity contribution >= 4 is 11.6 Å². The topological polar surface area (TPSA) is 69.9 Å². The van der Waals surface area contributed by atoms with Crippen LogP contribution in [0.2, 0.25) is 0 Å². The van der Waals surface area contributed by atoms with Crippen LogP contribution in [-0.4, -0.2) is 52.2 Å². The van der Waals surface area contributed by atoms with Crippen molar-refractivity contribution in [3.8, 4) is 0 Å². The Morgan fingerprint density at radius 2 is 2.06 bits per heavy atom. The maximum atomic E-state index is 9.38. The molecule has 18 heavy (non-hydrogen) atoms. The minimum absolute atomic E-state index is 0.197. The first-order valence-corrected chi connectivity index (χ1v) is 6.93. The fourth-order valence-corrected chi connectivity index (χ4v) is 2.37. The fourth-order valence-electron chi connectivity index (χ4n) is 2.08. The van der Waals surface area contributed by atoms with Crippen molar-refractivity contribution in [3.05, 3.63) is 11.6 Å². The van der Waals surface area contributed by atoms with Gasteiger partial charge in [-0.2, -0.15) is 0 Å². The van der Waals surface area contributed by atoms with E-state index in [4.69, 9.17) is 21.4 Å². The Morgan fingerprint density at radius 1 is 1.39 bits per heavy atom. The summed E-state index contributed by atoms with van der Waals surface area (Å²) >= 11 is 5.95. The van der Waals surface area contributed by atoms with Crippen LogP contribution in [0.3, 0.4) is 0 Å². The van der Waals surface area contributed by atoms with E-state index in [9.17, 15) is 10.2 Å². The minimum Gasteiger partial charge on any atom is -0.394 e. The van der Waals surface area contributed by atoms with E-state index in [2.05, 4.69) is 13.8 Å². The number of alkyl halides is 1. The van der Waals surface area contributed by atoms with Gasteiger partial charge in [0.15, 0.2) is 0 Å². The first-order chi connectivity index (χ1) is 8.52. The van der Waals surface area contributed by atoms with Gasteiger partial charge >= 0.3 is 0 Å². The number of rotatable bonds is 9. The highest BCUT2D eigenvalue weighted by Crippen LogP contribution is 2.46. The summed E-state index contributed by atoms with van der Waals surface area (Å²) in [4.78, 5) is 0. The van der Waals surface area contributed by atoms with Gasteiger partial charge in [0.1, 0.15) is 5.60 Å². The molecule has 0 bridgehead atoms. The van der Waals surface area contributed by atoms with Crippen LogP contribution in [-0.2, 0) is 4.74 Å². The summed E-state index contributed by atoms with van der Waals surface area (Å²) < 4.78 is 5.81. The van der Waals surface area contributed by atoms with E-state index >= 15 is 0 Å². The third kappa shape index (κ3) is 3.68. The Balaban J connectivity index is 2.53. The van der Waals surface area contributed by atoms with Crippen molar-refractivity contribution in [3.63, 3.8) is 0 Å². The number of ether oxygens (including phenoxy) is 1. The maximum absolute atomic E-state index is 9.38. The van der Waals surface area contributed by atoms with Crippen molar-refractivity contribution in [2.24, 2.45) is 5.92 Å². The molecule has 0 fully saturated rings. The second-order valence-corrected chi connectivity index (χ2v) is 5.19. The van der Waals surface area contributed by atoms with Gasteiger partial charge in [-0.1, -0.05) is 13.8 Å². The zero-order chi connectivity index (χ0) is 13.8. The normalized spacial score (nSPS) is 27.6. The summed E-state index contributed by atoms with van der Waals surface area (Å²) in [7, 11) is 0. The molecule has 1 aliphatic rings. The standard InChI is InChI=1S/C13H23ClO4/c1-3-9(2)12-5-13(12,8-14)18-11(7-16)4-10(17)6-15/h5,9-11,15-17H,3-4,6-8H2,1-2H3/t9-,10-,11-,13?/m0/s1. The number of hydrogen-bond acceptors (Lipinski definition) is 4. The van der Waals surface area contributed by atoms with Crippen LogP contribution in [0.1, 0.15) is 26.7 Å². The molecule has 0 saturated heterocycles. The Morgan fingerprint density at radius 3 is 2.50 bits per heavy atom. The molecular formula is C13H23ClO4. The summed E-state index contributed by atoms with van der Waals surface area (Å²) in [6, 6.07) is 0. The molecule has 4 nitrogen and oxygen atoms in total. The molecule has 0 aliphatic heterocycles. The molecule has 0 aromatic heterocycles. The first kappa shape index (κ1) is 15.9. The molecular weight excluding hydrogens is 256 g/mol. The highest BCUT2D eigenvalue weighted by molar-refractivity contribution is 6.19. The number of aliphatic hydroxyl groups is 3. The van der Waals surface area contributed by atoms with Gasteiger partial charge in [0.25, 0.3) is 0 Å². The monoisotopic (exact) mass is 278 g/mol. The Kier molecular flexibility index (Phi) is 6.08. The zero-order valence-corrected chi connectivity index (χ0v) is 11.7. The molecule has 1 rings (SSSR count). The van der Waals surface area contributed by atoms with E-state index in [0.29, 0.717) is 11.8 Å². The molecule has 0 amide bonds. The summed E-state index contributed by atoms with van der Waals surface area (Å²) in [5.41, 5.74) is 0.608. The van der Waals surface area contributed by atoms with Crippen molar-refractivity contribution in [2.75, 3.05) is 19.1 Å². The van der Waals surface area contributed by atoms with E-state index in [1.165, 1.54) is 0 Å². The average molecular weight is 279 g/mol. The van der Waals surface area contributed by atoms with Crippen molar-refractivity contribution in [2.45, 2.75) is 44.5 Å². The van der Waals surface area contributed by atoms with Gasteiger partial charge in [0, 0.05) is 6.42 Å². The molecule has 5 heteroatoms. The Hall–Kier alpha value is -0.130. The lowest BCUT2D eigenvalue weighted by Gasteiger charge is -2.26. The highest BCUT2D eigenvalue weighted by Gasteiger charge is 2.48. The lowest BCUT2D eigenvalue weighted by molar-refractivity contribution is -0.0638. The van der Waals surface area contributed by atoms with E-state index in [0.717, 1.165) is 12.0 Å². The predicted octanol–water partition coefficient (Wildman–Crippen LogP) is 1.07. The van der Waals surface area contributed by atoms with Crippen molar-refractivity contribution < 1.29 is 20.1 Å². The van der Waals surface area contributed by atoms with Crippen molar-refractivity contribution in [1.29, 1.82) is 0 Å². The van der Waals surface area contributed by atoms with Crippen LogP contribution in [0.4, 0.5) is 0 Å². The Labute approximate surface area is 113 Å². The van der Waals surface area contributed by atoms with Crippen LogP contribution >= 0.6 is 11.6 Å². The lowest BCUT2D eigenvalue weighted by Crippen LogP contribution is -2.34. The van der Waals surface area contributed by atoms with E-state index < -0.39 is 17.8 Å². The van der Waals surface area contributed by atoms with E-state index in [-0.39, 0.29) is 19.6 Å². The Bertz CT molecular complexity index is 295. The number of hydrogen-bond donors (Lipinski definition) is 3. The van der Waals surface area contributed by atoms with Gasteiger partial charge < -0.3 is 20.1 Å². The molecule has 1 unspecified atom stereocenters. The predicted molar refractivity (Wildman–Crippen MR) is 70.7 cm³/mol. The number of aliphatic hydroxyl groups excluding tert-OH is 3. The molecule has 4 atom stereocenters. The SMILES string of the molecule is CC[C@H](C)C1=CC1(CCl)O[C@H](CO)C[C@H](O)CO. The third-order valence-electron chi connectivity index (χ3n) is 3.46.